The van der Waals surface area contributed by atoms with E-state index in [1.54, 1.807) is 0 Å². The largest absolute Gasteiger partial charge is 0.391 e. The molecule has 0 bridgehead atoms. The predicted octanol–water partition coefficient (Wildman–Crippen LogP) is 3.30. The molecule has 2 aromatic heterocycles. The molecule has 5 nitrogen and oxygen atoms in total. The summed E-state index contributed by atoms with van der Waals surface area (Å²) in [6.07, 6.45) is -0.0628. The maximum Gasteiger partial charge on any atom is 0.265 e. The SMILES string of the molecule is O=C(c1sc2c(ccc(=O)n2-c2c(F)cccc2F)c1Br)N1CC[C@@H](O)C1. The summed E-state index contributed by atoms with van der Waals surface area (Å²) in [5, 5.41) is 10.2. The molecule has 4 rings (SSSR count). The quantitative estimate of drug-likeness (QED) is 0.645. The van der Waals surface area contributed by atoms with Gasteiger partial charge in [0.05, 0.1) is 10.6 Å². The van der Waals surface area contributed by atoms with Crippen LogP contribution >= 0.6 is 27.3 Å². The van der Waals surface area contributed by atoms with Crippen LogP contribution in [0.3, 0.4) is 0 Å². The topological polar surface area (TPSA) is 62.5 Å². The third-order valence-corrected chi connectivity index (χ3v) is 6.75. The zero-order valence-corrected chi connectivity index (χ0v) is 16.2. The van der Waals surface area contributed by atoms with Gasteiger partial charge in [-0.25, -0.2) is 8.78 Å². The molecular weight excluding hydrogens is 442 g/mol. The minimum atomic E-state index is -0.871. The van der Waals surface area contributed by atoms with Gasteiger partial charge in [0, 0.05) is 24.5 Å². The minimum absolute atomic E-state index is 0.230. The molecule has 1 aromatic carbocycles. The summed E-state index contributed by atoms with van der Waals surface area (Å²) in [5.41, 5.74) is -1.08. The van der Waals surface area contributed by atoms with E-state index in [1.165, 1.54) is 23.1 Å². The van der Waals surface area contributed by atoms with Crippen molar-refractivity contribution in [3.63, 3.8) is 0 Å². The zero-order valence-electron chi connectivity index (χ0n) is 13.8. The van der Waals surface area contributed by atoms with E-state index < -0.39 is 29.0 Å². The van der Waals surface area contributed by atoms with Crippen LogP contribution in [0.25, 0.3) is 15.9 Å². The number of carbonyl (C=O) groups excluding carboxylic acids is 1. The summed E-state index contributed by atoms with van der Waals surface area (Å²) in [7, 11) is 0. The van der Waals surface area contributed by atoms with Gasteiger partial charge < -0.3 is 10.0 Å². The van der Waals surface area contributed by atoms with Crippen molar-refractivity contribution in [1.29, 1.82) is 0 Å². The number of thiophene rings is 1. The van der Waals surface area contributed by atoms with E-state index in [4.69, 9.17) is 0 Å². The third kappa shape index (κ3) is 2.99. The van der Waals surface area contributed by atoms with E-state index >= 15 is 0 Å². The van der Waals surface area contributed by atoms with Crippen molar-refractivity contribution in [3.8, 4) is 5.69 Å². The monoisotopic (exact) mass is 454 g/mol. The van der Waals surface area contributed by atoms with Gasteiger partial charge in [0.2, 0.25) is 0 Å². The molecule has 1 saturated heterocycles. The summed E-state index contributed by atoms with van der Waals surface area (Å²) >= 11 is 4.36. The maximum absolute atomic E-state index is 14.3. The molecule has 1 aliphatic heterocycles. The van der Waals surface area contributed by atoms with Crippen molar-refractivity contribution in [2.24, 2.45) is 0 Å². The molecule has 0 unspecified atom stereocenters. The third-order valence-electron chi connectivity index (χ3n) is 4.49. The lowest BCUT2D eigenvalue weighted by molar-refractivity contribution is 0.0769. The highest BCUT2D eigenvalue weighted by molar-refractivity contribution is 9.10. The standard InChI is InChI=1S/C18H13BrF2N2O3S/c19-14-10-4-5-13(25)23(15-11(20)2-1-3-12(15)21)18(10)27-16(14)17(26)22-7-6-9(24)8-22/h1-5,9,24H,6-8H2/t9-/m1/s1. The van der Waals surface area contributed by atoms with E-state index in [-0.39, 0.29) is 17.3 Å². The normalized spacial score (nSPS) is 17.0. The van der Waals surface area contributed by atoms with E-state index in [2.05, 4.69) is 15.9 Å². The zero-order chi connectivity index (χ0) is 19.3. The van der Waals surface area contributed by atoms with Crippen LogP contribution in [0.15, 0.2) is 39.6 Å². The van der Waals surface area contributed by atoms with Crippen molar-refractivity contribution >= 4 is 43.4 Å². The summed E-state index contributed by atoms with van der Waals surface area (Å²) in [4.78, 5) is 27.3. The molecule has 0 aliphatic carbocycles. The van der Waals surface area contributed by atoms with Crippen molar-refractivity contribution in [3.05, 3.63) is 61.7 Å². The fraction of sp³-hybridized carbons (Fsp3) is 0.222. The van der Waals surface area contributed by atoms with Gasteiger partial charge in [0.25, 0.3) is 11.5 Å². The Hall–Kier alpha value is -2.10. The van der Waals surface area contributed by atoms with Gasteiger partial charge in [-0.15, -0.1) is 11.3 Å². The van der Waals surface area contributed by atoms with Gasteiger partial charge in [-0.1, -0.05) is 6.07 Å². The number of halogens is 3. The number of amides is 1. The Labute approximate surface area is 164 Å². The van der Waals surface area contributed by atoms with Gasteiger partial charge in [0.15, 0.2) is 0 Å². The van der Waals surface area contributed by atoms with Crippen LogP contribution in [0, 0.1) is 11.6 Å². The van der Waals surface area contributed by atoms with Gasteiger partial charge >= 0.3 is 0 Å². The highest BCUT2D eigenvalue weighted by Crippen LogP contribution is 2.37. The Morgan fingerprint density at radius 3 is 2.56 bits per heavy atom. The van der Waals surface area contributed by atoms with Crippen LogP contribution in [0.5, 0.6) is 0 Å². The average molecular weight is 455 g/mol. The number of aromatic nitrogens is 1. The number of fused-ring (bicyclic) bond motifs is 1. The number of hydrogen-bond acceptors (Lipinski definition) is 4. The number of benzene rings is 1. The van der Waals surface area contributed by atoms with Crippen LogP contribution in [-0.2, 0) is 0 Å². The molecule has 3 heterocycles. The molecular formula is C18H13BrF2N2O3S. The molecule has 9 heteroatoms. The first-order valence-electron chi connectivity index (χ1n) is 8.14. The van der Waals surface area contributed by atoms with Crippen LogP contribution < -0.4 is 5.56 Å². The summed E-state index contributed by atoms with van der Waals surface area (Å²) in [5.74, 6) is -2.04. The molecule has 1 N–H and O–H groups in total. The number of rotatable bonds is 2. The second-order valence-electron chi connectivity index (χ2n) is 6.23. The Morgan fingerprint density at radius 2 is 1.93 bits per heavy atom. The first kappa shape index (κ1) is 18.3. The second kappa shape index (κ2) is 6.81. The number of aliphatic hydroxyl groups excluding tert-OH is 1. The summed E-state index contributed by atoms with van der Waals surface area (Å²) < 4.78 is 30.0. The molecule has 0 saturated carbocycles. The molecule has 0 radical (unpaired) electrons. The van der Waals surface area contributed by atoms with Crippen LogP contribution in [0.2, 0.25) is 0 Å². The Bertz CT molecular complexity index is 1110. The number of β-amino-alcohol motifs (C(OH)–C–C–N with tert-alkyl or cyclic N) is 1. The van der Waals surface area contributed by atoms with E-state index in [1.807, 2.05) is 0 Å². The van der Waals surface area contributed by atoms with Crippen molar-refractivity contribution in [1.82, 2.24) is 9.47 Å². The van der Waals surface area contributed by atoms with Gasteiger partial charge in [-0.2, -0.15) is 0 Å². The predicted molar refractivity (Wildman–Crippen MR) is 102 cm³/mol. The van der Waals surface area contributed by atoms with Crippen molar-refractivity contribution < 1.29 is 18.7 Å². The van der Waals surface area contributed by atoms with Crippen molar-refractivity contribution in [2.75, 3.05) is 13.1 Å². The number of aliphatic hydroxyl groups is 1. The number of likely N-dealkylation sites (tertiary alicyclic amines) is 1. The highest BCUT2D eigenvalue weighted by atomic mass is 79.9. The minimum Gasteiger partial charge on any atom is -0.391 e. The summed E-state index contributed by atoms with van der Waals surface area (Å²) in [6, 6.07) is 6.09. The molecule has 27 heavy (non-hydrogen) atoms. The Balaban J connectivity index is 1.93. The summed E-state index contributed by atoms with van der Waals surface area (Å²) in [6.45, 7) is 0.656. The molecule has 0 spiro atoms. The fourth-order valence-corrected chi connectivity index (χ4v) is 5.20. The Kier molecular flexibility index (Phi) is 4.61. The molecule has 1 atom stereocenters. The van der Waals surface area contributed by atoms with Crippen LogP contribution in [-0.4, -0.2) is 39.7 Å². The lowest BCUT2D eigenvalue weighted by Crippen LogP contribution is -2.29. The van der Waals surface area contributed by atoms with Crippen LogP contribution in [0.1, 0.15) is 16.1 Å². The van der Waals surface area contributed by atoms with Crippen LogP contribution in [0.4, 0.5) is 8.78 Å². The number of para-hydroxylation sites is 1. The van der Waals surface area contributed by atoms with Gasteiger partial charge in [-0.05, 0) is 40.5 Å². The molecule has 1 fully saturated rings. The van der Waals surface area contributed by atoms with E-state index in [9.17, 15) is 23.5 Å². The smallest absolute Gasteiger partial charge is 0.265 e. The lowest BCUT2D eigenvalue weighted by Gasteiger charge is -2.14. The fourth-order valence-electron chi connectivity index (χ4n) is 3.17. The molecule has 3 aromatic rings. The van der Waals surface area contributed by atoms with Gasteiger partial charge in [-0.3, -0.25) is 14.2 Å². The number of pyridine rings is 1. The van der Waals surface area contributed by atoms with Gasteiger partial charge in [0.1, 0.15) is 27.0 Å². The highest BCUT2D eigenvalue weighted by Gasteiger charge is 2.29. The second-order valence-corrected chi connectivity index (χ2v) is 8.03. The number of nitrogens with zero attached hydrogens (tertiary/aromatic N) is 2. The lowest BCUT2D eigenvalue weighted by atomic mass is 10.2. The Morgan fingerprint density at radius 1 is 1.22 bits per heavy atom. The van der Waals surface area contributed by atoms with E-state index in [0.29, 0.717) is 27.7 Å². The first-order chi connectivity index (χ1) is 12.9. The number of hydrogen-bond donors (Lipinski definition) is 1. The molecule has 1 amide bonds. The average Bonchev–Trinajstić information content (AvgIpc) is 3.20. The maximum atomic E-state index is 14.3. The first-order valence-corrected chi connectivity index (χ1v) is 9.75. The number of carbonyl (C=O) groups is 1. The molecule has 1 aliphatic rings. The molecule has 140 valence electrons. The van der Waals surface area contributed by atoms with E-state index in [0.717, 1.165) is 28.0 Å². The van der Waals surface area contributed by atoms with Crippen molar-refractivity contribution in [2.45, 2.75) is 12.5 Å².